The molecule has 1 N–H and O–H groups in total. The van der Waals surface area contributed by atoms with Crippen molar-refractivity contribution in [1.29, 1.82) is 0 Å². The Balaban J connectivity index is 1.49. The standard InChI is InChI=1S/C24H17N3O2S2/c1-2-11-27-19-9-8-16(13-22(19)31-20-6-4-3-5-17(20)24(27)29)26-23(28)15-7-10-21-18(12-15)25-14-30-21/h2-10,12-14H,1,11H2,(H,26,28). The van der Waals surface area contributed by atoms with Gasteiger partial charge in [-0.15, -0.1) is 17.9 Å². The molecule has 5 rings (SSSR count). The molecule has 0 unspecified atom stereocenters. The van der Waals surface area contributed by atoms with Crippen LogP contribution in [-0.2, 0) is 0 Å². The van der Waals surface area contributed by atoms with Crippen molar-refractivity contribution >= 4 is 56.5 Å². The van der Waals surface area contributed by atoms with E-state index in [0.29, 0.717) is 23.4 Å². The normalized spacial score (nSPS) is 12.8. The second-order valence-corrected chi connectivity index (χ2v) is 8.94. The first-order chi connectivity index (χ1) is 15.1. The number of anilines is 2. The van der Waals surface area contributed by atoms with Crippen LogP contribution in [0.1, 0.15) is 20.7 Å². The number of fused-ring (bicyclic) bond motifs is 3. The van der Waals surface area contributed by atoms with Crippen LogP contribution < -0.4 is 10.2 Å². The fourth-order valence-electron chi connectivity index (χ4n) is 3.51. The van der Waals surface area contributed by atoms with Gasteiger partial charge < -0.3 is 10.2 Å². The van der Waals surface area contributed by atoms with Crippen molar-refractivity contribution in [1.82, 2.24) is 4.98 Å². The molecule has 1 aromatic heterocycles. The first-order valence-corrected chi connectivity index (χ1v) is 11.3. The zero-order valence-electron chi connectivity index (χ0n) is 16.4. The van der Waals surface area contributed by atoms with Crippen molar-refractivity contribution < 1.29 is 9.59 Å². The highest BCUT2D eigenvalue weighted by Gasteiger charge is 2.26. The fourth-order valence-corrected chi connectivity index (χ4v) is 5.29. The Bertz CT molecular complexity index is 1350. The van der Waals surface area contributed by atoms with E-state index in [9.17, 15) is 9.59 Å². The second-order valence-electron chi connectivity index (χ2n) is 6.97. The van der Waals surface area contributed by atoms with Gasteiger partial charge in [-0.05, 0) is 48.5 Å². The van der Waals surface area contributed by atoms with E-state index in [-0.39, 0.29) is 11.8 Å². The van der Waals surface area contributed by atoms with Gasteiger partial charge in [0.05, 0.1) is 27.0 Å². The molecule has 0 saturated carbocycles. The van der Waals surface area contributed by atoms with E-state index in [4.69, 9.17) is 0 Å². The van der Waals surface area contributed by atoms with E-state index < -0.39 is 0 Å². The van der Waals surface area contributed by atoms with Crippen LogP contribution in [0.5, 0.6) is 0 Å². The van der Waals surface area contributed by atoms with E-state index in [2.05, 4.69) is 16.9 Å². The summed E-state index contributed by atoms with van der Waals surface area (Å²) in [5, 5.41) is 2.97. The molecule has 2 amide bonds. The smallest absolute Gasteiger partial charge is 0.259 e. The molecule has 152 valence electrons. The van der Waals surface area contributed by atoms with Crippen LogP contribution in [0.25, 0.3) is 10.2 Å². The molecule has 2 heterocycles. The Morgan fingerprint density at radius 3 is 2.84 bits per heavy atom. The summed E-state index contributed by atoms with van der Waals surface area (Å²) in [5.74, 6) is -0.261. The van der Waals surface area contributed by atoms with Gasteiger partial charge in [-0.1, -0.05) is 30.0 Å². The summed E-state index contributed by atoms with van der Waals surface area (Å²) in [6.45, 7) is 4.20. The van der Waals surface area contributed by atoms with E-state index in [1.807, 2.05) is 48.5 Å². The molecule has 7 heteroatoms. The number of nitrogens with zero attached hydrogens (tertiary/aromatic N) is 2. The van der Waals surface area contributed by atoms with E-state index >= 15 is 0 Å². The summed E-state index contributed by atoms with van der Waals surface area (Å²) >= 11 is 3.06. The van der Waals surface area contributed by atoms with Crippen LogP contribution in [0.15, 0.2) is 88.6 Å². The van der Waals surface area contributed by atoms with Crippen LogP contribution >= 0.6 is 23.1 Å². The average Bonchev–Trinajstić information content (AvgIpc) is 3.22. The van der Waals surface area contributed by atoms with Crippen LogP contribution in [0.4, 0.5) is 11.4 Å². The summed E-state index contributed by atoms with van der Waals surface area (Å²) in [7, 11) is 0. The van der Waals surface area contributed by atoms with Gasteiger partial charge in [0.15, 0.2) is 0 Å². The van der Waals surface area contributed by atoms with Crippen LogP contribution in [-0.4, -0.2) is 23.3 Å². The largest absolute Gasteiger partial charge is 0.322 e. The lowest BCUT2D eigenvalue weighted by Crippen LogP contribution is -2.30. The van der Waals surface area contributed by atoms with Gasteiger partial charge >= 0.3 is 0 Å². The molecule has 0 atom stereocenters. The van der Waals surface area contributed by atoms with Crippen molar-refractivity contribution in [2.24, 2.45) is 0 Å². The Morgan fingerprint density at radius 1 is 1.10 bits per heavy atom. The lowest BCUT2D eigenvalue weighted by atomic mass is 10.1. The molecule has 1 aliphatic heterocycles. The third-order valence-electron chi connectivity index (χ3n) is 5.00. The van der Waals surface area contributed by atoms with Gasteiger partial charge in [0, 0.05) is 27.6 Å². The van der Waals surface area contributed by atoms with Crippen LogP contribution in [0.3, 0.4) is 0 Å². The number of rotatable bonds is 4. The topological polar surface area (TPSA) is 62.3 Å². The maximum Gasteiger partial charge on any atom is 0.259 e. The van der Waals surface area contributed by atoms with E-state index in [0.717, 1.165) is 25.7 Å². The summed E-state index contributed by atoms with van der Waals surface area (Å²) in [4.78, 5) is 33.7. The molecule has 0 bridgehead atoms. The number of carbonyl (C=O) groups excluding carboxylic acids is 2. The predicted octanol–water partition coefficient (Wildman–Crippen LogP) is 5.85. The molecule has 0 spiro atoms. The molecule has 5 nitrogen and oxygen atoms in total. The highest BCUT2D eigenvalue weighted by molar-refractivity contribution is 7.99. The molecular formula is C24H17N3O2S2. The van der Waals surface area contributed by atoms with Gasteiger partial charge in [0.25, 0.3) is 11.8 Å². The Hall–Kier alpha value is -3.42. The van der Waals surface area contributed by atoms with Crippen molar-refractivity contribution in [3.63, 3.8) is 0 Å². The molecule has 4 aromatic rings. The SMILES string of the molecule is C=CCN1C(=O)c2ccccc2Sc2cc(NC(=O)c3ccc4scnc4c3)ccc21. The third-order valence-corrected chi connectivity index (χ3v) is 6.93. The number of amides is 2. The first-order valence-electron chi connectivity index (χ1n) is 9.62. The zero-order chi connectivity index (χ0) is 21.4. The van der Waals surface area contributed by atoms with Crippen LogP contribution in [0.2, 0.25) is 0 Å². The third kappa shape index (κ3) is 3.62. The number of benzene rings is 3. The van der Waals surface area contributed by atoms with E-state index in [1.54, 1.807) is 40.0 Å². The summed E-state index contributed by atoms with van der Waals surface area (Å²) in [6, 6.07) is 18.7. The lowest BCUT2D eigenvalue weighted by Gasteiger charge is -2.21. The van der Waals surface area contributed by atoms with Gasteiger partial charge in [-0.25, -0.2) is 4.98 Å². The number of carbonyl (C=O) groups is 2. The molecule has 1 aliphatic rings. The number of nitrogens with one attached hydrogen (secondary N) is 1. The molecule has 0 radical (unpaired) electrons. The molecule has 0 aliphatic carbocycles. The molecular weight excluding hydrogens is 426 g/mol. The summed E-state index contributed by atoms with van der Waals surface area (Å²) in [6.07, 6.45) is 1.71. The number of thiazole rings is 1. The van der Waals surface area contributed by atoms with Crippen LogP contribution in [0, 0.1) is 0 Å². The van der Waals surface area contributed by atoms with Gasteiger partial charge in [0.1, 0.15) is 0 Å². The fraction of sp³-hybridized carbons (Fsp3) is 0.0417. The minimum atomic E-state index is -0.201. The van der Waals surface area contributed by atoms with Crippen molar-refractivity contribution in [3.05, 3.63) is 90.0 Å². The van der Waals surface area contributed by atoms with Gasteiger partial charge in [-0.2, -0.15) is 0 Å². The molecule has 3 aromatic carbocycles. The average molecular weight is 444 g/mol. The Labute approximate surface area is 187 Å². The predicted molar refractivity (Wildman–Crippen MR) is 126 cm³/mol. The van der Waals surface area contributed by atoms with E-state index in [1.165, 1.54) is 11.8 Å². The van der Waals surface area contributed by atoms with Crippen molar-refractivity contribution in [2.45, 2.75) is 9.79 Å². The quantitative estimate of drug-likeness (QED) is 0.402. The highest BCUT2D eigenvalue weighted by atomic mass is 32.2. The summed E-state index contributed by atoms with van der Waals surface area (Å²) in [5.41, 5.74) is 5.25. The van der Waals surface area contributed by atoms with Crippen molar-refractivity contribution in [2.75, 3.05) is 16.8 Å². The molecule has 0 saturated heterocycles. The number of hydrogen-bond donors (Lipinski definition) is 1. The maximum absolute atomic E-state index is 13.1. The lowest BCUT2D eigenvalue weighted by molar-refractivity contribution is 0.0985. The maximum atomic E-state index is 13.1. The molecule has 31 heavy (non-hydrogen) atoms. The molecule has 0 fully saturated rings. The van der Waals surface area contributed by atoms with Gasteiger partial charge in [-0.3, -0.25) is 9.59 Å². The Kier molecular flexibility index (Phi) is 5.05. The second kappa shape index (κ2) is 8.02. The van der Waals surface area contributed by atoms with Gasteiger partial charge in [0.2, 0.25) is 0 Å². The minimum Gasteiger partial charge on any atom is -0.322 e. The minimum absolute atomic E-state index is 0.0601. The monoisotopic (exact) mass is 443 g/mol. The Morgan fingerprint density at radius 2 is 1.97 bits per heavy atom. The highest BCUT2D eigenvalue weighted by Crippen LogP contribution is 2.42. The number of hydrogen-bond acceptors (Lipinski definition) is 5. The first kappa shape index (κ1) is 19.5. The van der Waals surface area contributed by atoms with Crippen molar-refractivity contribution in [3.8, 4) is 0 Å². The zero-order valence-corrected chi connectivity index (χ0v) is 18.0. The number of aromatic nitrogens is 1. The summed E-state index contributed by atoms with van der Waals surface area (Å²) < 4.78 is 1.05.